The van der Waals surface area contributed by atoms with E-state index in [1.807, 2.05) is 6.92 Å². The van der Waals surface area contributed by atoms with Crippen molar-refractivity contribution in [3.8, 4) is 17.2 Å². The van der Waals surface area contributed by atoms with Gasteiger partial charge in [0.1, 0.15) is 17.2 Å². The summed E-state index contributed by atoms with van der Waals surface area (Å²) in [6.07, 6.45) is -3.98. The molecule has 0 saturated carbocycles. The molecule has 126 valence electrons. The van der Waals surface area contributed by atoms with E-state index in [-0.39, 0.29) is 5.75 Å². The molecule has 1 aliphatic heterocycles. The van der Waals surface area contributed by atoms with Gasteiger partial charge in [0, 0.05) is 16.1 Å². The fourth-order valence-electron chi connectivity index (χ4n) is 2.47. The number of rotatable bonds is 2. The summed E-state index contributed by atoms with van der Waals surface area (Å²) in [7, 11) is 0. The van der Waals surface area contributed by atoms with E-state index in [2.05, 4.69) is 0 Å². The molecule has 2 aromatic carbocycles. The maximum absolute atomic E-state index is 12.9. The molecule has 1 heterocycles. The van der Waals surface area contributed by atoms with Crippen LogP contribution in [0.5, 0.6) is 17.2 Å². The smallest absolute Gasteiger partial charge is 0.429 e. The predicted molar refractivity (Wildman–Crippen MR) is 86.9 cm³/mol. The molecule has 3 rings (SSSR count). The molecule has 0 aromatic heterocycles. The van der Waals surface area contributed by atoms with Gasteiger partial charge in [0.2, 0.25) is 6.10 Å². The number of ether oxygens (including phenoxy) is 2. The van der Waals surface area contributed by atoms with Crippen LogP contribution < -0.4 is 9.47 Å². The Morgan fingerprint density at radius 1 is 1.08 bits per heavy atom. The fourth-order valence-corrected chi connectivity index (χ4v) is 2.70. The molecule has 0 aliphatic carbocycles. The van der Waals surface area contributed by atoms with Crippen LogP contribution in [0, 0.1) is 13.8 Å². The molecule has 1 unspecified atom stereocenters. The van der Waals surface area contributed by atoms with E-state index in [0.717, 1.165) is 11.6 Å². The molecule has 6 heteroatoms. The van der Waals surface area contributed by atoms with Crippen molar-refractivity contribution in [3.63, 3.8) is 0 Å². The number of aryl methyl sites for hydroxylation is 1. The highest BCUT2D eigenvalue weighted by molar-refractivity contribution is 6.30. The summed E-state index contributed by atoms with van der Waals surface area (Å²) in [6, 6.07) is 8.55. The highest BCUT2D eigenvalue weighted by atomic mass is 35.5. The first-order valence-electron chi connectivity index (χ1n) is 7.25. The normalized spacial score (nSPS) is 16.5. The Bertz CT molecular complexity index is 813. The van der Waals surface area contributed by atoms with E-state index >= 15 is 0 Å². The van der Waals surface area contributed by atoms with Crippen molar-refractivity contribution in [2.45, 2.75) is 26.1 Å². The lowest BCUT2D eigenvalue weighted by atomic mass is 10.0. The molecule has 1 aliphatic rings. The zero-order chi connectivity index (χ0) is 17.5. The van der Waals surface area contributed by atoms with E-state index in [4.69, 9.17) is 21.1 Å². The average molecular weight is 355 g/mol. The van der Waals surface area contributed by atoms with Gasteiger partial charge in [-0.05, 0) is 55.8 Å². The van der Waals surface area contributed by atoms with Gasteiger partial charge in [0.05, 0.1) is 0 Å². The van der Waals surface area contributed by atoms with Gasteiger partial charge in [-0.1, -0.05) is 17.7 Å². The quantitative estimate of drug-likeness (QED) is 0.650. The molecule has 0 bridgehead atoms. The Hall–Kier alpha value is -2.14. The molecule has 0 spiro atoms. The summed E-state index contributed by atoms with van der Waals surface area (Å²) in [5.74, 6) is 1.21. The second-order valence-electron chi connectivity index (χ2n) is 5.56. The van der Waals surface area contributed by atoms with Crippen LogP contribution in [0.3, 0.4) is 0 Å². The van der Waals surface area contributed by atoms with Gasteiger partial charge in [-0.3, -0.25) is 0 Å². The molecule has 1 atom stereocenters. The van der Waals surface area contributed by atoms with Gasteiger partial charge in [-0.2, -0.15) is 13.2 Å². The second kappa shape index (κ2) is 6.06. The van der Waals surface area contributed by atoms with Crippen LogP contribution in [0.4, 0.5) is 13.2 Å². The third-order valence-corrected chi connectivity index (χ3v) is 4.00. The predicted octanol–water partition coefficient (Wildman–Crippen LogP) is 6.09. The Morgan fingerprint density at radius 3 is 2.46 bits per heavy atom. The molecule has 0 amide bonds. The maximum atomic E-state index is 12.9. The van der Waals surface area contributed by atoms with Crippen LogP contribution in [0.25, 0.3) is 6.08 Å². The average Bonchev–Trinajstić information content (AvgIpc) is 2.51. The van der Waals surface area contributed by atoms with Crippen molar-refractivity contribution in [3.05, 3.63) is 58.1 Å². The van der Waals surface area contributed by atoms with Crippen LogP contribution in [0.2, 0.25) is 5.02 Å². The van der Waals surface area contributed by atoms with Crippen molar-refractivity contribution in [1.29, 1.82) is 0 Å². The first kappa shape index (κ1) is 16.7. The zero-order valence-corrected chi connectivity index (χ0v) is 13.7. The second-order valence-corrected chi connectivity index (χ2v) is 5.99. The van der Waals surface area contributed by atoms with Gasteiger partial charge >= 0.3 is 6.18 Å². The van der Waals surface area contributed by atoms with Crippen LogP contribution in [-0.4, -0.2) is 12.3 Å². The monoisotopic (exact) mass is 354 g/mol. The van der Waals surface area contributed by atoms with Crippen LogP contribution in [0.1, 0.15) is 16.7 Å². The number of hydrogen-bond donors (Lipinski definition) is 0. The van der Waals surface area contributed by atoms with Gasteiger partial charge in [0.15, 0.2) is 0 Å². The summed E-state index contributed by atoms with van der Waals surface area (Å²) < 4.78 is 49.6. The lowest BCUT2D eigenvalue weighted by Crippen LogP contribution is -2.34. The Balaban J connectivity index is 1.94. The molecule has 0 saturated heterocycles. The summed E-state index contributed by atoms with van der Waals surface area (Å²) >= 11 is 5.92. The lowest BCUT2D eigenvalue weighted by Gasteiger charge is -2.25. The van der Waals surface area contributed by atoms with Crippen molar-refractivity contribution in [1.82, 2.24) is 0 Å². The summed E-state index contributed by atoms with van der Waals surface area (Å²) in [5, 5.41) is 0.587. The molecule has 0 N–H and O–H groups in total. The van der Waals surface area contributed by atoms with Crippen molar-refractivity contribution in [2.75, 3.05) is 0 Å². The van der Waals surface area contributed by atoms with E-state index < -0.39 is 12.3 Å². The van der Waals surface area contributed by atoms with E-state index in [1.165, 1.54) is 6.08 Å². The minimum absolute atomic E-state index is 0.184. The molecule has 0 fully saturated rings. The topological polar surface area (TPSA) is 18.5 Å². The summed E-state index contributed by atoms with van der Waals surface area (Å²) in [6.45, 7) is 3.51. The molecule has 2 nitrogen and oxygen atoms in total. The van der Waals surface area contributed by atoms with Crippen LogP contribution in [-0.2, 0) is 0 Å². The van der Waals surface area contributed by atoms with Gasteiger partial charge in [0.25, 0.3) is 0 Å². The van der Waals surface area contributed by atoms with E-state index in [1.54, 1.807) is 37.3 Å². The number of fused-ring (bicyclic) bond motifs is 1. The Morgan fingerprint density at radius 2 is 1.79 bits per heavy atom. The van der Waals surface area contributed by atoms with Gasteiger partial charge in [-0.25, -0.2) is 0 Å². The Kier molecular flexibility index (Phi) is 4.22. The number of alkyl halides is 3. The van der Waals surface area contributed by atoms with Crippen molar-refractivity contribution >= 4 is 17.7 Å². The highest BCUT2D eigenvalue weighted by Crippen LogP contribution is 2.40. The fraction of sp³-hybridized carbons (Fsp3) is 0.222. The SMILES string of the molecule is Cc1cc(Cl)ccc1Oc1ccc2c(c1C)OC(C(F)(F)F)C=C2. The van der Waals surface area contributed by atoms with Crippen LogP contribution in [0.15, 0.2) is 36.4 Å². The molecule has 0 radical (unpaired) electrons. The van der Waals surface area contributed by atoms with Gasteiger partial charge < -0.3 is 9.47 Å². The van der Waals surface area contributed by atoms with E-state index in [0.29, 0.717) is 27.6 Å². The number of benzene rings is 2. The maximum Gasteiger partial charge on any atom is 0.429 e. The molecule has 2 aromatic rings. The third-order valence-electron chi connectivity index (χ3n) is 3.76. The largest absolute Gasteiger partial charge is 0.476 e. The first-order valence-corrected chi connectivity index (χ1v) is 7.62. The number of halogens is 4. The minimum Gasteiger partial charge on any atom is -0.476 e. The highest BCUT2D eigenvalue weighted by Gasteiger charge is 2.41. The van der Waals surface area contributed by atoms with Crippen molar-refractivity contribution in [2.24, 2.45) is 0 Å². The molecular formula is C18H14ClF3O2. The summed E-state index contributed by atoms with van der Waals surface area (Å²) in [4.78, 5) is 0. The zero-order valence-electron chi connectivity index (χ0n) is 12.9. The minimum atomic E-state index is -4.45. The molecular weight excluding hydrogens is 341 g/mol. The third kappa shape index (κ3) is 3.22. The summed E-state index contributed by atoms with van der Waals surface area (Å²) in [5.41, 5.74) is 1.93. The Labute approximate surface area is 142 Å². The molecule has 24 heavy (non-hydrogen) atoms. The van der Waals surface area contributed by atoms with Crippen LogP contribution >= 0.6 is 11.6 Å². The van der Waals surface area contributed by atoms with E-state index in [9.17, 15) is 13.2 Å². The van der Waals surface area contributed by atoms with Gasteiger partial charge in [-0.15, -0.1) is 0 Å². The lowest BCUT2D eigenvalue weighted by molar-refractivity contribution is -0.180. The standard InChI is InChI=1S/C18H14ClF3O2/c1-10-9-13(19)5-7-14(10)23-15-6-3-12-4-8-16(18(20,21)22)24-17(12)11(15)2/h3-9,16H,1-2H3. The number of hydrogen-bond acceptors (Lipinski definition) is 2. The first-order chi connectivity index (χ1) is 11.3. The van der Waals surface area contributed by atoms with Crippen molar-refractivity contribution < 1.29 is 22.6 Å².